The fraction of sp³-hybridized carbons (Fsp3) is 0.389. The Balaban J connectivity index is 2.42. The first-order valence-corrected chi connectivity index (χ1v) is 8.15. The van der Waals surface area contributed by atoms with E-state index in [-0.39, 0.29) is 29.6 Å². The molecule has 1 aromatic carbocycles. The summed E-state index contributed by atoms with van der Waals surface area (Å²) in [6.07, 6.45) is 0.830. The minimum absolute atomic E-state index is 0.0522. The van der Waals surface area contributed by atoms with Crippen LogP contribution in [0.1, 0.15) is 59.8 Å². The van der Waals surface area contributed by atoms with Crippen LogP contribution in [-0.4, -0.2) is 34.7 Å². The third-order valence-electron chi connectivity index (χ3n) is 4.07. The fourth-order valence-electron chi connectivity index (χ4n) is 2.37. The molecule has 0 aliphatic carbocycles. The molecule has 0 aliphatic rings. The molecule has 6 heteroatoms. The van der Waals surface area contributed by atoms with Gasteiger partial charge in [-0.15, -0.1) is 0 Å². The van der Waals surface area contributed by atoms with Gasteiger partial charge in [0.25, 0.3) is 11.8 Å². The summed E-state index contributed by atoms with van der Waals surface area (Å²) in [6.45, 7) is 5.90. The highest BCUT2D eigenvalue weighted by Gasteiger charge is 2.23. The molecule has 1 heterocycles. The maximum absolute atomic E-state index is 12.6. The van der Waals surface area contributed by atoms with Gasteiger partial charge in [0.1, 0.15) is 5.69 Å². The monoisotopic (exact) mass is 328 g/mol. The third kappa shape index (κ3) is 3.82. The predicted molar refractivity (Wildman–Crippen MR) is 93.1 cm³/mol. The van der Waals surface area contributed by atoms with Crippen LogP contribution in [0.3, 0.4) is 0 Å². The van der Waals surface area contributed by atoms with Crippen molar-refractivity contribution in [1.82, 2.24) is 20.4 Å². The number of amides is 2. The van der Waals surface area contributed by atoms with Gasteiger partial charge >= 0.3 is 0 Å². The zero-order valence-corrected chi connectivity index (χ0v) is 14.5. The summed E-state index contributed by atoms with van der Waals surface area (Å²) in [7, 11) is 1.54. The number of hydrogen-bond acceptors (Lipinski definition) is 3. The number of aromatic nitrogens is 2. The number of nitrogens with one attached hydrogen (secondary N) is 2. The molecule has 2 atom stereocenters. The fourth-order valence-corrected chi connectivity index (χ4v) is 2.37. The van der Waals surface area contributed by atoms with Crippen LogP contribution in [0.4, 0.5) is 0 Å². The second kappa shape index (κ2) is 7.77. The molecule has 24 heavy (non-hydrogen) atoms. The molecule has 0 saturated carbocycles. The van der Waals surface area contributed by atoms with E-state index in [1.165, 1.54) is 6.07 Å². The van der Waals surface area contributed by atoms with Crippen LogP contribution in [0.25, 0.3) is 0 Å². The summed E-state index contributed by atoms with van der Waals surface area (Å²) in [5, 5.41) is 9.83. The third-order valence-corrected chi connectivity index (χ3v) is 4.07. The van der Waals surface area contributed by atoms with Gasteiger partial charge in [0.2, 0.25) is 0 Å². The molecule has 0 bridgehead atoms. The highest BCUT2D eigenvalue weighted by atomic mass is 16.2. The minimum Gasteiger partial charge on any atom is -0.354 e. The van der Waals surface area contributed by atoms with Crippen molar-refractivity contribution in [1.29, 1.82) is 0 Å². The number of benzene rings is 1. The molecular formula is C18H24N4O2. The normalized spacial score (nSPS) is 13.2. The molecule has 1 unspecified atom stereocenters. The lowest BCUT2D eigenvalue weighted by atomic mass is 10.1. The SMILES string of the molecule is CCC(C)NC(=O)c1cc(C(=O)NC)nn1[C@@H](C)c1ccccc1. The van der Waals surface area contributed by atoms with E-state index in [1.54, 1.807) is 11.7 Å². The summed E-state index contributed by atoms with van der Waals surface area (Å²) >= 11 is 0. The van der Waals surface area contributed by atoms with Crippen molar-refractivity contribution in [2.24, 2.45) is 0 Å². The molecule has 0 radical (unpaired) electrons. The van der Waals surface area contributed by atoms with Gasteiger partial charge in [-0.25, -0.2) is 0 Å². The number of hydrogen-bond donors (Lipinski definition) is 2. The summed E-state index contributed by atoms with van der Waals surface area (Å²) < 4.78 is 1.61. The zero-order chi connectivity index (χ0) is 17.7. The van der Waals surface area contributed by atoms with E-state index in [4.69, 9.17) is 0 Å². The largest absolute Gasteiger partial charge is 0.354 e. The Kier molecular flexibility index (Phi) is 5.73. The highest BCUT2D eigenvalue weighted by Crippen LogP contribution is 2.20. The van der Waals surface area contributed by atoms with Crippen LogP contribution >= 0.6 is 0 Å². The first-order chi connectivity index (χ1) is 11.5. The summed E-state index contributed by atoms with van der Waals surface area (Å²) in [5.41, 5.74) is 1.63. The molecule has 0 saturated heterocycles. The molecule has 0 fully saturated rings. The van der Waals surface area contributed by atoms with Crippen molar-refractivity contribution < 1.29 is 9.59 Å². The lowest BCUT2D eigenvalue weighted by molar-refractivity contribution is 0.0925. The molecule has 2 N–H and O–H groups in total. The van der Waals surface area contributed by atoms with Crippen LogP contribution < -0.4 is 10.6 Å². The molecule has 6 nitrogen and oxygen atoms in total. The Bertz CT molecular complexity index is 709. The van der Waals surface area contributed by atoms with Gasteiger partial charge in [0.05, 0.1) is 6.04 Å². The predicted octanol–water partition coefficient (Wildman–Crippen LogP) is 2.38. The second-order valence-corrected chi connectivity index (χ2v) is 5.81. The van der Waals surface area contributed by atoms with Gasteiger partial charge in [-0.3, -0.25) is 14.3 Å². The van der Waals surface area contributed by atoms with Crippen LogP contribution in [0.2, 0.25) is 0 Å². The van der Waals surface area contributed by atoms with E-state index in [9.17, 15) is 9.59 Å². The highest BCUT2D eigenvalue weighted by molar-refractivity contribution is 5.98. The van der Waals surface area contributed by atoms with Gasteiger partial charge in [0, 0.05) is 19.2 Å². The van der Waals surface area contributed by atoms with Gasteiger partial charge in [0.15, 0.2) is 5.69 Å². The van der Waals surface area contributed by atoms with Crippen LogP contribution in [0.5, 0.6) is 0 Å². The van der Waals surface area contributed by atoms with Gasteiger partial charge < -0.3 is 10.6 Å². The average molecular weight is 328 g/mol. The van der Waals surface area contributed by atoms with E-state index in [2.05, 4.69) is 15.7 Å². The maximum atomic E-state index is 12.6. The second-order valence-electron chi connectivity index (χ2n) is 5.81. The standard InChI is InChI=1S/C18H24N4O2/c1-5-12(2)20-18(24)16-11-15(17(23)19-4)21-22(16)13(3)14-9-7-6-8-10-14/h6-13H,5H2,1-4H3,(H,19,23)(H,20,24)/t12?,13-/m0/s1. The molecule has 2 rings (SSSR count). The summed E-state index contributed by atoms with van der Waals surface area (Å²) in [5.74, 6) is -0.540. The Labute approximate surface area is 142 Å². The molecule has 1 aromatic heterocycles. The number of rotatable bonds is 6. The Hall–Kier alpha value is -2.63. The van der Waals surface area contributed by atoms with Crippen molar-refractivity contribution in [2.45, 2.75) is 39.3 Å². The molecule has 2 amide bonds. The zero-order valence-electron chi connectivity index (χ0n) is 14.5. The van der Waals surface area contributed by atoms with Crippen LogP contribution in [-0.2, 0) is 0 Å². The van der Waals surface area contributed by atoms with Crippen LogP contribution in [0, 0.1) is 0 Å². The Morgan fingerprint density at radius 3 is 2.42 bits per heavy atom. The lowest BCUT2D eigenvalue weighted by Crippen LogP contribution is -2.34. The van der Waals surface area contributed by atoms with Crippen molar-refractivity contribution in [2.75, 3.05) is 7.05 Å². The van der Waals surface area contributed by atoms with Crippen molar-refractivity contribution in [3.63, 3.8) is 0 Å². The van der Waals surface area contributed by atoms with E-state index in [1.807, 2.05) is 51.1 Å². The minimum atomic E-state index is -0.313. The van der Waals surface area contributed by atoms with Gasteiger partial charge in [-0.05, 0) is 25.8 Å². The number of carbonyl (C=O) groups is 2. The smallest absolute Gasteiger partial charge is 0.271 e. The van der Waals surface area contributed by atoms with Crippen molar-refractivity contribution in [3.05, 3.63) is 53.3 Å². The van der Waals surface area contributed by atoms with Crippen molar-refractivity contribution >= 4 is 11.8 Å². The van der Waals surface area contributed by atoms with Crippen LogP contribution in [0.15, 0.2) is 36.4 Å². The molecule has 2 aromatic rings. The Morgan fingerprint density at radius 2 is 1.83 bits per heavy atom. The van der Waals surface area contributed by atoms with Gasteiger partial charge in [-0.1, -0.05) is 37.3 Å². The lowest BCUT2D eigenvalue weighted by Gasteiger charge is -2.17. The van der Waals surface area contributed by atoms with E-state index in [0.717, 1.165) is 12.0 Å². The quantitative estimate of drug-likeness (QED) is 0.855. The van der Waals surface area contributed by atoms with Gasteiger partial charge in [-0.2, -0.15) is 5.10 Å². The molecule has 0 spiro atoms. The molecule has 0 aliphatic heterocycles. The van der Waals surface area contributed by atoms with E-state index < -0.39 is 0 Å². The maximum Gasteiger partial charge on any atom is 0.271 e. The summed E-state index contributed by atoms with van der Waals surface area (Å²) in [6, 6.07) is 11.2. The average Bonchev–Trinajstić information content (AvgIpc) is 3.06. The molecular weight excluding hydrogens is 304 g/mol. The topological polar surface area (TPSA) is 76.0 Å². The molecule has 128 valence electrons. The first-order valence-electron chi connectivity index (χ1n) is 8.15. The number of nitrogens with zero attached hydrogens (tertiary/aromatic N) is 2. The van der Waals surface area contributed by atoms with E-state index in [0.29, 0.717) is 5.69 Å². The van der Waals surface area contributed by atoms with E-state index >= 15 is 0 Å². The Morgan fingerprint density at radius 1 is 1.17 bits per heavy atom. The summed E-state index contributed by atoms with van der Waals surface area (Å²) in [4.78, 5) is 24.5. The first kappa shape index (κ1) is 17.7. The van der Waals surface area contributed by atoms with Crippen molar-refractivity contribution in [3.8, 4) is 0 Å². The number of carbonyl (C=O) groups excluding carboxylic acids is 2.